The quantitative estimate of drug-likeness (QED) is 0.163. The lowest BCUT2D eigenvalue weighted by Crippen LogP contribution is -2.14. The highest BCUT2D eigenvalue weighted by Gasteiger charge is 2.18. The van der Waals surface area contributed by atoms with Gasteiger partial charge in [0.05, 0.1) is 0 Å². The van der Waals surface area contributed by atoms with E-state index < -0.39 is 11.6 Å². The van der Waals surface area contributed by atoms with Crippen molar-refractivity contribution in [2.75, 3.05) is 0 Å². The summed E-state index contributed by atoms with van der Waals surface area (Å²) in [5.41, 5.74) is 3.43. The number of rotatable bonds is 17. The lowest BCUT2D eigenvalue weighted by atomic mass is 9.93. The van der Waals surface area contributed by atoms with Crippen molar-refractivity contribution in [2.45, 2.75) is 106 Å². The Kier molecular flexibility index (Phi) is 13.2. The molecule has 0 amide bonds. The molecular weight excluding hydrogens is 440 g/mol. The zero-order valence-electron chi connectivity index (χ0n) is 23.8. The lowest BCUT2D eigenvalue weighted by molar-refractivity contribution is 0.0817. The number of ketones is 2. The summed E-state index contributed by atoms with van der Waals surface area (Å²) in [6.45, 7) is 13.8. The van der Waals surface area contributed by atoms with E-state index in [0.29, 0.717) is 23.0 Å². The number of benzene rings is 2. The van der Waals surface area contributed by atoms with E-state index in [1.165, 1.54) is 49.7 Å². The van der Waals surface area contributed by atoms with Gasteiger partial charge in [0.1, 0.15) is 0 Å². The first kappa shape index (κ1) is 30.0. The van der Waals surface area contributed by atoms with Crippen LogP contribution in [-0.4, -0.2) is 11.6 Å². The van der Waals surface area contributed by atoms with Gasteiger partial charge >= 0.3 is 0 Å². The van der Waals surface area contributed by atoms with Gasteiger partial charge in [-0.1, -0.05) is 129 Å². The number of aryl methyl sites for hydroxylation is 2. The maximum Gasteiger partial charge on any atom is 0.233 e. The average Bonchev–Trinajstić information content (AvgIpc) is 2.85. The SMILES string of the molecule is CC(C)CCCC(C)CCc1ccc(C(=O)C(=O)c2ccc(CCC(C)CCCC(C)C)cc2)cc1. The van der Waals surface area contributed by atoms with Crippen LogP contribution in [0.3, 0.4) is 0 Å². The van der Waals surface area contributed by atoms with Gasteiger partial charge < -0.3 is 0 Å². The minimum atomic E-state index is -0.421. The molecule has 0 aliphatic rings. The van der Waals surface area contributed by atoms with E-state index in [1.54, 1.807) is 0 Å². The maximum atomic E-state index is 12.8. The summed E-state index contributed by atoms with van der Waals surface area (Å²) >= 11 is 0. The number of hydrogen-bond donors (Lipinski definition) is 0. The van der Waals surface area contributed by atoms with Crippen LogP contribution >= 0.6 is 0 Å². The molecule has 2 heteroatoms. The standard InChI is InChI=1S/C34H50O2/c1-25(2)9-7-11-27(5)13-15-29-17-21-31(22-18-29)33(35)34(36)32-23-19-30(20-24-32)16-14-28(6)12-8-10-26(3)4/h17-28H,7-16H2,1-6H3. The van der Waals surface area contributed by atoms with Crippen molar-refractivity contribution in [1.82, 2.24) is 0 Å². The van der Waals surface area contributed by atoms with E-state index >= 15 is 0 Å². The van der Waals surface area contributed by atoms with E-state index in [-0.39, 0.29) is 0 Å². The predicted octanol–water partition coefficient (Wildman–Crippen LogP) is 9.54. The summed E-state index contributed by atoms with van der Waals surface area (Å²) < 4.78 is 0. The van der Waals surface area contributed by atoms with Gasteiger partial charge in [-0.25, -0.2) is 0 Å². The van der Waals surface area contributed by atoms with Crippen LogP contribution in [-0.2, 0) is 12.8 Å². The predicted molar refractivity (Wildman–Crippen MR) is 154 cm³/mol. The smallest absolute Gasteiger partial charge is 0.233 e. The van der Waals surface area contributed by atoms with Crippen LogP contribution in [0.25, 0.3) is 0 Å². The number of hydrogen-bond acceptors (Lipinski definition) is 2. The first-order chi connectivity index (χ1) is 17.2. The van der Waals surface area contributed by atoms with Gasteiger partial charge in [-0.2, -0.15) is 0 Å². The van der Waals surface area contributed by atoms with Crippen LogP contribution in [0.5, 0.6) is 0 Å². The van der Waals surface area contributed by atoms with Gasteiger partial charge in [-0.15, -0.1) is 0 Å². The molecule has 36 heavy (non-hydrogen) atoms. The minimum absolute atomic E-state index is 0.421. The lowest BCUT2D eigenvalue weighted by Gasteiger charge is -2.12. The summed E-state index contributed by atoms with van der Waals surface area (Å²) in [5, 5.41) is 0. The molecule has 0 N–H and O–H groups in total. The van der Waals surface area contributed by atoms with E-state index in [1.807, 2.05) is 48.5 Å². The Morgan fingerprint density at radius 2 is 0.833 bits per heavy atom. The molecule has 0 heterocycles. The van der Waals surface area contributed by atoms with Gasteiger partial charge in [0.15, 0.2) is 0 Å². The van der Waals surface area contributed by atoms with Crippen molar-refractivity contribution in [3.63, 3.8) is 0 Å². The van der Waals surface area contributed by atoms with Gasteiger partial charge in [0.2, 0.25) is 11.6 Å². The second-order valence-corrected chi connectivity index (χ2v) is 12.0. The molecule has 0 aliphatic heterocycles. The Morgan fingerprint density at radius 3 is 1.14 bits per heavy atom. The third-order valence-electron chi connectivity index (χ3n) is 7.45. The molecule has 0 aliphatic carbocycles. The molecular formula is C34H50O2. The molecule has 0 aromatic heterocycles. The fourth-order valence-electron chi connectivity index (χ4n) is 4.77. The monoisotopic (exact) mass is 490 g/mol. The van der Waals surface area contributed by atoms with Crippen LogP contribution in [0.4, 0.5) is 0 Å². The summed E-state index contributed by atoms with van der Waals surface area (Å²) in [6, 6.07) is 15.3. The van der Waals surface area contributed by atoms with E-state index in [0.717, 1.165) is 37.5 Å². The van der Waals surface area contributed by atoms with Crippen molar-refractivity contribution in [2.24, 2.45) is 23.7 Å². The first-order valence-electron chi connectivity index (χ1n) is 14.4. The Hall–Kier alpha value is -2.22. The molecule has 198 valence electrons. The molecule has 2 aromatic carbocycles. The molecule has 2 atom stereocenters. The number of Topliss-reactive ketones (excluding diaryl/α,β-unsaturated/α-hetero) is 2. The van der Waals surface area contributed by atoms with Crippen LogP contribution in [0.2, 0.25) is 0 Å². The van der Waals surface area contributed by atoms with Gasteiger partial charge in [-0.3, -0.25) is 9.59 Å². The van der Waals surface area contributed by atoms with Crippen LogP contribution < -0.4 is 0 Å². The third-order valence-corrected chi connectivity index (χ3v) is 7.45. The summed E-state index contributed by atoms with van der Waals surface area (Å²) in [6.07, 6.45) is 12.1. The normalized spacial score (nSPS) is 13.2. The van der Waals surface area contributed by atoms with Crippen LogP contribution in [0, 0.1) is 23.7 Å². The third kappa shape index (κ3) is 11.2. The fourth-order valence-corrected chi connectivity index (χ4v) is 4.77. The Bertz CT molecular complexity index is 828. The van der Waals surface area contributed by atoms with Crippen molar-refractivity contribution < 1.29 is 9.59 Å². The fraction of sp³-hybridized carbons (Fsp3) is 0.588. The van der Waals surface area contributed by atoms with Gasteiger partial charge in [0, 0.05) is 11.1 Å². The van der Waals surface area contributed by atoms with Crippen molar-refractivity contribution in [3.8, 4) is 0 Å². The van der Waals surface area contributed by atoms with E-state index in [9.17, 15) is 9.59 Å². The zero-order valence-corrected chi connectivity index (χ0v) is 23.8. The molecule has 0 radical (unpaired) electrons. The minimum Gasteiger partial charge on any atom is -0.285 e. The second kappa shape index (κ2) is 15.8. The highest BCUT2D eigenvalue weighted by atomic mass is 16.2. The summed E-state index contributed by atoms with van der Waals surface area (Å²) in [5.74, 6) is 2.14. The second-order valence-electron chi connectivity index (χ2n) is 12.0. The first-order valence-corrected chi connectivity index (χ1v) is 14.4. The van der Waals surface area contributed by atoms with Crippen LogP contribution in [0.15, 0.2) is 48.5 Å². The molecule has 0 saturated carbocycles. The Balaban J connectivity index is 1.81. The molecule has 0 bridgehead atoms. The molecule has 0 spiro atoms. The largest absolute Gasteiger partial charge is 0.285 e. The number of carbonyl (C=O) groups is 2. The highest BCUT2D eigenvalue weighted by Crippen LogP contribution is 2.20. The zero-order chi connectivity index (χ0) is 26.5. The molecule has 2 rings (SSSR count). The van der Waals surface area contributed by atoms with E-state index in [2.05, 4.69) is 41.5 Å². The van der Waals surface area contributed by atoms with Gasteiger partial charge in [0.25, 0.3) is 0 Å². The van der Waals surface area contributed by atoms with Crippen molar-refractivity contribution in [3.05, 3.63) is 70.8 Å². The average molecular weight is 491 g/mol. The molecule has 0 saturated heterocycles. The van der Waals surface area contributed by atoms with E-state index in [4.69, 9.17) is 0 Å². The summed E-state index contributed by atoms with van der Waals surface area (Å²) in [7, 11) is 0. The van der Waals surface area contributed by atoms with Crippen LogP contribution in [0.1, 0.15) is 125 Å². The van der Waals surface area contributed by atoms with Crippen molar-refractivity contribution in [1.29, 1.82) is 0 Å². The molecule has 2 nitrogen and oxygen atoms in total. The molecule has 2 aromatic rings. The number of carbonyl (C=O) groups excluding carboxylic acids is 2. The molecule has 2 unspecified atom stereocenters. The topological polar surface area (TPSA) is 34.1 Å². The van der Waals surface area contributed by atoms with Gasteiger partial charge in [-0.05, 0) is 60.5 Å². The Labute approximate surface area is 221 Å². The van der Waals surface area contributed by atoms with Crippen molar-refractivity contribution >= 4 is 11.6 Å². The molecule has 0 fully saturated rings. The summed E-state index contributed by atoms with van der Waals surface area (Å²) in [4.78, 5) is 25.6. The Morgan fingerprint density at radius 1 is 0.500 bits per heavy atom. The highest BCUT2D eigenvalue weighted by molar-refractivity contribution is 6.49. The maximum absolute atomic E-state index is 12.8.